The van der Waals surface area contributed by atoms with Crippen molar-refractivity contribution in [3.63, 3.8) is 0 Å². The number of rotatable bonds is 11. The minimum atomic E-state index is -4.69. The van der Waals surface area contributed by atoms with E-state index in [4.69, 9.17) is 14.6 Å². The number of aliphatic hydroxyl groups excluding tert-OH is 4. The average molecular weight is 466 g/mol. The first-order valence-electron chi connectivity index (χ1n) is 9.28. The molecular weight excluding hydrogens is 441 g/mol. The highest BCUT2D eigenvalue weighted by Crippen LogP contribution is 2.36. The Balaban J connectivity index is 2.22. The Labute approximate surface area is 181 Å². The van der Waals surface area contributed by atoms with Gasteiger partial charge in [-0.25, -0.2) is 0 Å². The minimum Gasteiger partial charge on any atom is -0.447 e. The normalized spacial score (nSPS) is 16.0. The molecule has 8 nitrogen and oxygen atoms in total. The number of H-pyrrole nitrogens is 1. The molecule has 4 atom stereocenters. The Hall–Kier alpha value is -1.83. The molecule has 0 saturated heterocycles. The first kappa shape index (κ1) is 25.4. The maximum Gasteiger partial charge on any atom is 0.433 e. The summed E-state index contributed by atoms with van der Waals surface area (Å²) in [6.07, 6.45) is -8.72. The molecule has 0 aliphatic rings. The van der Waals surface area contributed by atoms with Gasteiger partial charge in [-0.2, -0.15) is 13.2 Å². The molecule has 0 amide bonds. The highest BCUT2D eigenvalue weighted by Gasteiger charge is 2.38. The summed E-state index contributed by atoms with van der Waals surface area (Å²) in [5.74, 6) is -0.345. The molecule has 0 aliphatic carbocycles. The summed E-state index contributed by atoms with van der Waals surface area (Å²) < 4.78 is 51.0. The van der Waals surface area contributed by atoms with Crippen molar-refractivity contribution in [1.29, 1.82) is 0 Å². The van der Waals surface area contributed by atoms with E-state index in [-0.39, 0.29) is 17.9 Å². The number of ether oxygens (including phenoxy) is 2. The molecule has 0 spiro atoms. The molecule has 2 rings (SSSR count). The smallest absolute Gasteiger partial charge is 0.433 e. The predicted octanol–water partition coefficient (Wildman–Crippen LogP) is 1.56. The number of aromatic nitrogens is 2. The van der Waals surface area contributed by atoms with Crippen molar-refractivity contribution in [2.75, 3.05) is 19.5 Å². The molecule has 4 unspecified atom stereocenters. The van der Waals surface area contributed by atoms with Gasteiger partial charge in [-0.15, -0.1) is 16.9 Å². The summed E-state index contributed by atoms with van der Waals surface area (Å²) in [6, 6.07) is 6.99. The average Bonchev–Trinajstić information content (AvgIpc) is 3.13. The monoisotopic (exact) mass is 466 g/mol. The molecule has 12 heteroatoms. The van der Waals surface area contributed by atoms with E-state index in [1.807, 2.05) is 11.4 Å². The van der Waals surface area contributed by atoms with Crippen molar-refractivity contribution in [3.8, 4) is 5.88 Å². The van der Waals surface area contributed by atoms with Crippen LogP contribution in [0.25, 0.3) is 0 Å². The number of nitrogens with zero attached hydrogens (tertiary/aromatic N) is 1. The summed E-state index contributed by atoms with van der Waals surface area (Å²) >= 11 is 1.50. The number of nitrogens with one attached hydrogen (secondary N) is 1. The molecular formula is C19H25F3N2O6S. The Morgan fingerprint density at radius 1 is 1.13 bits per heavy atom. The maximum atomic E-state index is 13.4. The van der Waals surface area contributed by atoms with Gasteiger partial charge in [0.15, 0.2) is 6.29 Å². The van der Waals surface area contributed by atoms with Gasteiger partial charge in [0.25, 0.3) is 0 Å². The lowest BCUT2D eigenvalue weighted by atomic mass is 10.0. The highest BCUT2D eigenvalue weighted by molar-refractivity contribution is 7.98. The third-order valence-electron chi connectivity index (χ3n) is 4.44. The van der Waals surface area contributed by atoms with Crippen molar-refractivity contribution in [3.05, 3.63) is 41.1 Å². The van der Waals surface area contributed by atoms with Crippen LogP contribution in [0, 0.1) is 0 Å². The molecule has 174 valence electrons. The van der Waals surface area contributed by atoms with Gasteiger partial charge >= 0.3 is 6.18 Å². The fourth-order valence-corrected chi connectivity index (χ4v) is 3.22. The summed E-state index contributed by atoms with van der Waals surface area (Å²) in [7, 11) is 0. The molecule has 0 bridgehead atoms. The maximum absolute atomic E-state index is 13.4. The standard InChI is InChI=1S/C19H25F3N2O6S/c1-10(29-15(9-26)16(28)14(27)8-25)30-18-13(17(23-24-18)19(20,21)22)7-11-3-5-12(31-2)6-4-11/h3-6,10,14-16,25-28H,7-9H2,1-2H3,(H,23,24). The van der Waals surface area contributed by atoms with Crippen LogP contribution in [0.4, 0.5) is 13.2 Å². The topological polar surface area (TPSA) is 128 Å². The predicted molar refractivity (Wildman–Crippen MR) is 106 cm³/mol. The van der Waals surface area contributed by atoms with Crippen LogP contribution in [0.15, 0.2) is 29.2 Å². The van der Waals surface area contributed by atoms with Gasteiger partial charge < -0.3 is 29.9 Å². The van der Waals surface area contributed by atoms with E-state index in [0.717, 1.165) is 4.90 Å². The van der Waals surface area contributed by atoms with Gasteiger partial charge in [-0.3, -0.25) is 5.10 Å². The van der Waals surface area contributed by atoms with Crippen LogP contribution >= 0.6 is 11.8 Å². The molecule has 0 aliphatic heterocycles. The second kappa shape index (κ2) is 11.2. The van der Waals surface area contributed by atoms with Crippen molar-refractivity contribution in [2.45, 2.75) is 49.0 Å². The van der Waals surface area contributed by atoms with E-state index < -0.39 is 49.7 Å². The third kappa shape index (κ3) is 6.82. The molecule has 0 saturated carbocycles. The Bertz CT molecular complexity index is 818. The SMILES string of the molecule is CSc1ccc(Cc2c(OC(C)OC(CO)C(O)C(O)CO)n[nH]c2C(F)(F)F)cc1. The van der Waals surface area contributed by atoms with Gasteiger partial charge in [0, 0.05) is 11.3 Å². The van der Waals surface area contributed by atoms with Crippen molar-refractivity contribution in [1.82, 2.24) is 10.2 Å². The highest BCUT2D eigenvalue weighted by atomic mass is 32.2. The zero-order chi connectivity index (χ0) is 23.2. The van der Waals surface area contributed by atoms with Gasteiger partial charge in [0.1, 0.15) is 24.0 Å². The van der Waals surface area contributed by atoms with Crippen LogP contribution in [0.3, 0.4) is 0 Å². The van der Waals surface area contributed by atoms with Crippen LogP contribution < -0.4 is 4.74 Å². The number of hydrogen-bond acceptors (Lipinski definition) is 8. The lowest BCUT2D eigenvalue weighted by molar-refractivity contribution is -0.178. The second-order valence-corrected chi connectivity index (χ2v) is 7.57. The Morgan fingerprint density at radius 3 is 2.29 bits per heavy atom. The van der Waals surface area contributed by atoms with Crippen LogP contribution in [-0.4, -0.2) is 74.7 Å². The molecule has 2 aromatic rings. The third-order valence-corrected chi connectivity index (χ3v) is 5.18. The molecule has 1 aromatic carbocycles. The summed E-state index contributed by atoms with van der Waals surface area (Å²) in [5.41, 5.74) is -0.674. The molecule has 0 fully saturated rings. The largest absolute Gasteiger partial charge is 0.447 e. The molecule has 1 heterocycles. The lowest BCUT2D eigenvalue weighted by Gasteiger charge is -2.27. The number of alkyl halides is 3. The fourth-order valence-electron chi connectivity index (χ4n) is 2.81. The number of aromatic amines is 1. The number of hydrogen-bond donors (Lipinski definition) is 5. The summed E-state index contributed by atoms with van der Waals surface area (Å²) in [5, 5.41) is 43.2. The van der Waals surface area contributed by atoms with Crippen molar-refractivity contribution < 1.29 is 43.1 Å². The van der Waals surface area contributed by atoms with Crippen LogP contribution in [0.2, 0.25) is 0 Å². The first-order chi connectivity index (χ1) is 14.6. The van der Waals surface area contributed by atoms with E-state index >= 15 is 0 Å². The van der Waals surface area contributed by atoms with Crippen LogP contribution in [0.1, 0.15) is 23.7 Å². The van der Waals surface area contributed by atoms with Crippen molar-refractivity contribution >= 4 is 11.8 Å². The fraction of sp³-hybridized carbons (Fsp3) is 0.526. The van der Waals surface area contributed by atoms with E-state index in [0.29, 0.717) is 5.56 Å². The van der Waals surface area contributed by atoms with Gasteiger partial charge in [0.2, 0.25) is 5.88 Å². The van der Waals surface area contributed by atoms with Gasteiger partial charge in [-0.05, 0) is 30.9 Å². The molecule has 31 heavy (non-hydrogen) atoms. The molecule has 0 radical (unpaired) electrons. The summed E-state index contributed by atoms with van der Waals surface area (Å²) in [6.45, 7) is -0.168. The second-order valence-electron chi connectivity index (χ2n) is 6.69. The van der Waals surface area contributed by atoms with E-state index in [9.17, 15) is 28.5 Å². The Morgan fingerprint density at radius 2 is 1.77 bits per heavy atom. The van der Waals surface area contributed by atoms with E-state index in [2.05, 4.69) is 5.10 Å². The zero-order valence-electron chi connectivity index (χ0n) is 16.8. The lowest BCUT2D eigenvalue weighted by Crippen LogP contribution is -2.45. The van der Waals surface area contributed by atoms with E-state index in [1.165, 1.54) is 18.7 Å². The van der Waals surface area contributed by atoms with Gasteiger partial charge in [-0.1, -0.05) is 12.1 Å². The number of halogens is 3. The minimum absolute atomic E-state index is 0.114. The summed E-state index contributed by atoms with van der Waals surface area (Å²) in [4.78, 5) is 0.962. The number of aliphatic hydroxyl groups is 4. The van der Waals surface area contributed by atoms with Gasteiger partial charge in [0.05, 0.1) is 18.8 Å². The zero-order valence-corrected chi connectivity index (χ0v) is 17.7. The van der Waals surface area contributed by atoms with Crippen LogP contribution in [-0.2, 0) is 17.3 Å². The number of thioether (sulfide) groups is 1. The Kier molecular flexibility index (Phi) is 9.15. The first-order valence-corrected chi connectivity index (χ1v) is 10.5. The number of benzene rings is 1. The van der Waals surface area contributed by atoms with Crippen molar-refractivity contribution in [2.24, 2.45) is 0 Å². The van der Waals surface area contributed by atoms with Crippen LogP contribution in [0.5, 0.6) is 5.88 Å². The molecule has 1 aromatic heterocycles. The quantitative estimate of drug-likeness (QED) is 0.249. The molecule has 5 N–H and O–H groups in total. The van der Waals surface area contributed by atoms with E-state index in [1.54, 1.807) is 24.3 Å².